The van der Waals surface area contributed by atoms with Crippen molar-refractivity contribution < 1.29 is 14.6 Å². The Morgan fingerprint density at radius 2 is 2.24 bits per heavy atom. The number of hydrogen-bond donors (Lipinski definition) is 2. The number of benzene rings is 1. The second-order valence-corrected chi connectivity index (χ2v) is 4.88. The van der Waals surface area contributed by atoms with Crippen LogP contribution in [0.25, 0.3) is 0 Å². The zero-order chi connectivity index (χ0) is 15.6. The lowest BCUT2D eigenvalue weighted by atomic mass is 10.2. The normalized spacial score (nSPS) is 10.6. The van der Waals surface area contributed by atoms with E-state index in [4.69, 9.17) is 27.2 Å². The van der Waals surface area contributed by atoms with E-state index in [0.717, 1.165) is 11.4 Å². The second-order valence-electron chi connectivity index (χ2n) is 4.50. The number of nitrogens with zero attached hydrogens (tertiary/aromatic N) is 2. The van der Waals surface area contributed by atoms with E-state index in [2.05, 4.69) is 5.10 Å². The van der Waals surface area contributed by atoms with E-state index in [9.17, 15) is 4.79 Å². The molecule has 21 heavy (non-hydrogen) atoms. The Kier molecular flexibility index (Phi) is 4.37. The minimum absolute atomic E-state index is 0.0128. The number of anilines is 1. The van der Waals surface area contributed by atoms with Crippen LogP contribution in [0.4, 0.5) is 5.69 Å². The summed E-state index contributed by atoms with van der Waals surface area (Å²) in [5.74, 6) is -0.676. The molecule has 0 aliphatic heterocycles. The predicted molar refractivity (Wildman–Crippen MR) is 79.8 cm³/mol. The van der Waals surface area contributed by atoms with Crippen molar-refractivity contribution in [3.05, 3.63) is 40.2 Å². The molecule has 0 spiro atoms. The molecule has 0 aliphatic rings. The number of hydrogen-bond acceptors (Lipinski definition) is 4. The maximum atomic E-state index is 11.0. The monoisotopic (exact) mass is 309 g/mol. The largest absolute Gasteiger partial charge is 0.487 e. The molecule has 0 saturated heterocycles. The first kappa shape index (κ1) is 15.2. The van der Waals surface area contributed by atoms with E-state index in [1.165, 1.54) is 12.1 Å². The van der Waals surface area contributed by atoms with Gasteiger partial charge in [-0.1, -0.05) is 11.6 Å². The van der Waals surface area contributed by atoms with Crippen molar-refractivity contribution in [2.45, 2.75) is 27.0 Å². The van der Waals surface area contributed by atoms with Crippen molar-refractivity contribution >= 4 is 23.3 Å². The topological polar surface area (TPSA) is 90.4 Å². The molecule has 0 amide bonds. The summed E-state index contributed by atoms with van der Waals surface area (Å²) in [6.45, 7) is 4.66. The highest BCUT2D eigenvalue weighted by Crippen LogP contribution is 2.24. The molecule has 0 saturated carbocycles. The highest BCUT2D eigenvalue weighted by molar-refractivity contribution is 6.31. The minimum atomic E-state index is -1.09. The lowest BCUT2D eigenvalue weighted by molar-refractivity contribution is 0.0697. The number of carbonyl (C=O) groups is 1. The van der Waals surface area contributed by atoms with E-state index in [-0.39, 0.29) is 17.9 Å². The Hall–Kier alpha value is -2.21. The molecule has 0 unspecified atom stereocenters. The number of rotatable bonds is 5. The fourth-order valence-electron chi connectivity index (χ4n) is 1.97. The van der Waals surface area contributed by atoms with Gasteiger partial charge in [0.15, 0.2) is 0 Å². The molecule has 1 aromatic heterocycles. The maximum Gasteiger partial charge on any atom is 0.337 e. The Bertz CT molecular complexity index is 682. The molecule has 0 bridgehead atoms. The van der Waals surface area contributed by atoms with Crippen LogP contribution in [0.15, 0.2) is 18.2 Å². The highest BCUT2D eigenvalue weighted by Gasteiger charge is 2.14. The second kappa shape index (κ2) is 6.05. The summed E-state index contributed by atoms with van der Waals surface area (Å²) in [5.41, 5.74) is 7.30. The first-order valence-electron chi connectivity index (χ1n) is 6.41. The van der Waals surface area contributed by atoms with Gasteiger partial charge in [-0.2, -0.15) is 5.10 Å². The number of aromatic carboxylic acids is 1. The van der Waals surface area contributed by atoms with E-state index in [0.29, 0.717) is 17.3 Å². The van der Waals surface area contributed by atoms with Gasteiger partial charge in [-0.3, -0.25) is 4.68 Å². The molecule has 0 atom stereocenters. The molecular weight excluding hydrogens is 294 g/mol. The van der Waals surface area contributed by atoms with Gasteiger partial charge < -0.3 is 15.6 Å². The molecule has 0 radical (unpaired) electrons. The van der Waals surface area contributed by atoms with Crippen molar-refractivity contribution in [1.29, 1.82) is 0 Å². The number of aromatic nitrogens is 2. The van der Waals surface area contributed by atoms with Gasteiger partial charge in [0, 0.05) is 12.2 Å². The Morgan fingerprint density at radius 1 is 1.52 bits per heavy atom. The number of aryl methyl sites for hydroxylation is 2. The quantitative estimate of drug-likeness (QED) is 0.829. The number of ether oxygens (including phenoxy) is 1. The minimum Gasteiger partial charge on any atom is -0.487 e. The smallest absolute Gasteiger partial charge is 0.337 e. The van der Waals surface area contributed by atoms with Crippen molar-refractivity contribution in [2.75, 3.05) is 5.73 Å². The summed E-state index contributed by atoms with van der Waals surface area (Å²) in [5, 5.41) is 13.9. The van der Waals surface area contributed by atoms with Gasteiger partial charge in [-0.05, 0) is 32.0 Å². The lowest BCUT2D eigenvalue weighted by Gasteiger charge is -2.10. The third kappa shape index (κ3) is 3.11. The maximum absolute atomic E-state index is 11.0. The SMILES string of the molecule is CCn1nc(C)c(Cl)c1COc1ccc(N)c(C(=O)O)c1. The van der Waals surface area contributed by atoms with Gasteiger partial charge in [-0.25, -0.2) is 4.79 Å². The van der Waals surface area contributed by atoms with Crippen LogP contribution in [-0.2, 0) is 13.2 Å². The first-order chi connectivity index (χ1) is 9.93. The molecule has 7 heteroatoms. The van der Waals surface area contributed by atoms with Gasteiger partial charge in [0.1, 0.15) is 12.4 Å². The molecule has 1 heterocycles. The van der Waals surface area contributed by atoms with Crippen LogP contribution in [0.1, 0.15) is 28.7 Å². The molecule has 2 aromatic rings. The number of carboxylic acids is 1. The molecule has 112 valence electrons. The fourth-order valence-corrected chi connectivity index (χ4v) is 2.16. The van der Waals surface area contributed by atoms with E-state index >= 15 is 0 Å². The zero-order valence-corrected chi connectivity index (χ0v) is 12.5. The number of halogens is 1. The van der Waals surface area contributed by atoms with Gasteiger partial charge in [0.05, 0.1) is 22.0 Å². The molecule has 0 fully saturated rings. The Balaban J connectivity index is 2.21. The molecule has 6 nitrogen and oxygen atoms in total. The Labute approximate surface area is 127 Å². The van der Waals surface area contributed by atoms with Crippen molar-refractivity contribution in [3.8, 4) is 5.75 Å². The van der Waals surface area contributed by atoms with Gasteiger partial charge in [-0.15, -0.1) is 0 Å². The fraction of sp³-hybridized carbons (Fsp3) is 0.286. The standard InChI is InChI=1S/C14H16ClN3O3/c1-3-18-12(13(15)8(2)17-18)7-21-9-4-5-11(16)10(6-9)14(19)20/h4-6H,3,7,16H2,1-2H3,(H,19,20). The average Bonchev–Trinajstić information content (AvgIpc) is 2.73. The van der Waals surface area contributed by atoms with E-state index in [1.54, 1.807) is 10.7 Å². The van der Waals surface area contributed by atoms with Crippen LogP contribution in [0, 0.1) is 6.92 Å². The number of nitrogens with two attached hydrogens (primary N) is 1. The summed E-state index contributed by atoms with van der Waals surface area (Å²) < 4.78 is 7.37. The van der Waals surface area contributed by atoms with E-state index in [1.807, 2.05) is 13.8 Å². The van der Waals surface area contributed by atoms with Crippen LogP contribution >= 0.6 is 11.6 Å². The molecule has 1 aromatic carbocycles. The highest BCUT2D eigenvalue weighted by atomic mass is 35.5. The third-order valence-electron chi connectivity index (χ3n) is 3.08. The summed E-state index contributed by atoms with van der Waals surface area (Å²) in [7, 11) is 0. The summed E-state index contributed by atoms with van der Waals surface area (Å²) in [4.78, 5) is 11.0. The summed E-state index contributed by atoms with van der Waals surface area (Å²) >= 11 is 6.19. The summed E-state index contributed by atoms with van der Waals surface area (Å²) in [6.07, 6.45) is 0. The van der Waals surface area contributed by atoms with Gasteiger partial charge in [0.2, 0.25) is 0 Å². The van der Waals surface area contributed by atoms with Crippen molar-refractivity contribution in [1.82, 2.24) is 9.78 Å². The third-order valence-corrected chi connectivity index (χ3v) is 3.58. The first-order valence-corrected chi connectivity index (χ1v) is 6.79. The average molecular weight is 310 g/mol. The molecule has 3 N–H and O–H groups in total. The van der Waals surface area contributed by atoms with Crippen LogP contribution in [0.3, 0.4) is 0 Å². The lowest BCUT2D eigenvalue weighted by Crippen LogP contribution is -2.07. The van der Waals surface area contributed by atoms with Crippen LogP contribution in [0.5, 0.6) is 5.75 Å². The van der Waals surface area contributed by atoms with Gasteiger partial charge in [0.25, 0.3) is 0 Å². The number of carboxylic acid groups (broad SMARTS) is 1. The predicted octanol–water partition coefficient (Wildman–Crippen LogP) is 2.72. The zero-order valence-electron chi connectivity index (χ0n) is 11.8. The molecule has 2 rings (SSSR count). The Morgan fingerprint density at radius 3 is 2.86 bits per heavy atom. The molecular formula is C14H16ClN3O3. The van der Waals surface area contributed by atoms with Crippen molar-refractivity contribution in [3.63, 3.8) is 0 Å². The number of nitrogen functional groups attached to an aromatic ring is 1. The van der Waals surface area contributed by atoms with Crippen LogP contribution in [-0.4, -0.2) is 20.9 Å². The van der Waals surface area contributed by atoms with Gasteiger partial charge >= 0.3 is 5.97 Å². The summed E-state index contributed by atoms with van der Waals surface area (Å²) in [6, 6.07) is 4.52. The van der Waals surface area contributed by atoms with Crippen LogP contribution in [0.2, 0.25) is 5.02 Å². The van der Waals surface area contributed by atoms with Crippen molar-refractivity contribution in [2.24, 2.45) is 0 Å². The molecule has 0 aliphatic carbocycles. The van der Waals surface area contributed by atoms with Crippen LogP contribution < -0.4 is 10.5 Å². The van der Waals surface area contributed by atoms with E-state index < -0.39 is 5.97 Å².